The molecule has 0 aliphatic rings. The number of hydrogen-bond donors (Lipinski definition) is 2. The first kappa shape index (κ1) is 23.1. The van der Waals surface area contributed by atoms with Crippen LogP contribution in [0.1, 0.15) is 20.8 Å². The highest BCUT2D eigenvalue weighted by Gasteiger charge is 2.25. The van der Waals surface area contributed by atoms with Crippen molar-refractivity contribution in [3.63, 3.8) is 0 Å². The molecular weight excluding hydrogens is 438 g/mol. The van der Waals surface area contributed by atoms with Crippen molar-refractivity contribution in [1.29, 1.82) is 0 Å². The van der Waals surface area contributed by atoms with Crippen LogP contribution in [-0.2, 0) is 24.8 Å². The van der Waals surface area contributed by atoms with E-state index in [2.05, 4.69) is 10.0 Å². The van der Waals surface area contributed by atoms with Crippen LogP contribution in [0.5, 0.6) is 0 Å². The van der Waals surface area contributed by atoms with Gasteiger partial charge in [0.2, 0.25) is 15.9 Å². The standard InChI is InChI=1S/C18H22ClN3O5S2/c1-4-22(5-2)29(26,27)18-12-15(8-11-17(18)19)21-28(24,25)16-9-6-14(7-10-16)20-13(3)23/h6-12,21H,4-5H2,1-3H3,(H,20,23). The first-order chi connectivity index (χ1) is 13.5. The maximum absolute atomic E-state index is 12.8. The molecule has 11 heteroatoms. The Morgan fingerprint density at radius 2 is 1.52 bits per heavy atom. The Bertz CT molecular complexity index is 1100. The number of benzene rings is 2. The number of nitrogens with one attached hydrogen (secondary N) is 2. The van der Waals surface area contributed by atoms with Crippen molar-refractivity contribution in [3.05, 3.63) is 47.5 Å². The van der Waals surface area contributed by atoms with Gasteiger partial charge in [0.1, 0.15) is 4.90 Å². The van der Waals surface area contributed by atoms with Crippen LogP contribution in [0, 0.1) is 0 Å². The zero-order valence-electron chi connectivity index (χ0n) is 16.1. The number of hydrogen-bond acceptors (Lipinski definition) is 5. The average molecular weight is 460 g/mol. The van der Waals surface area contributed by atoms with Gasteiger partial charge in [-0.15, -0.1) is 0 Å². The topological polar surface area (TPSA) is 113 Å². The maximum Gasteiger partial charge on any atom is 0.261 e. The van der Waals surface area contributed by atoms with Crippen molar-refractivity contribution >= 4 is 48.9 Å². The summed E-state index contributed by atoms with van der Waals surface area (Å²) >= 11 is 6.07. The molecule has 0 spiro atoms. The number of carbonyl (C=O) groups is 1. The summed E-state index contributed by atoms with van der Waals surface area (Å²) in [5.41, 5.74) is 0.515. The molecule has 0 saturated carbocycles. The van der Waals surface area contributed by atoms with Crippen molar-refractivity contribution in [2.24, 2.45) is 0 Å². The minimum Gasteiger partial charge on any atom is -0.326 e. The number of sulfonamides is 2. The van der Waals surface area contributed by atoms with Gasteiger partial charge in [-0.25, -0.2) is 16.8 Å². The molecule has 0 aliphatic carbocycles. The van der Waals surface area contributed by atoms with E-state index < -0.39 is 20.0 Å². The van der Waals surface area contributed by atoms with Crippen LogP contribution in [0.3, 0.4) is 0 Å². The molecule has 0 bridgehead atoms. The Labute approximate surface area is 176 Å². The van der Waals surface area contributed by atoms with Gasteiger partial charge in [0.05, 0.1) is 15.6 Å². The molecule has 2 N–H and O–H groups in total. The highest BCUT2D eigenvalue weighted by molar-refractivity contribution is 7.92. The number of carbonyl (C=O) groups excluding carboxylic acids is 1. The molecule has 29 heavy (non-hydrogen) atoms. The van der Waals surface area contributed by atoms with Crippen LogP contribution in [0.15, 0.2) is 52.3 Å². The van der Waals surface area contributed by atoms with Crippen molar-refractivity contribution in [2.45, 2.75) is 30.6 Å². The van der Waals surface area contributed by atoms with Gasteiger partial charge in [-0.1, -0.05) is 25.4 Å². The second-order valence-electron chi connectivity index (χ2n) is 6.05. The summed E-state index contributed by atoms with van der Waals surface area (Å²) in [6, 6.07) is 9.47. The van der Waals surface area contributed by atoms with Crippen molar-refractivity contribution in [1.82, 2.24) is 4.31 Å². The van der Waals surface area contributed by atoms with Gasteiger partial charge in [0.15, 0.2) is 0 Å². The van der Waals surface area contributed by atoms with Gasteiger partial charge in [0.25, 0.3) is 10.0 Å². The molecule has 2 rings (SSSR count). The summed E-state index contributed by atoms with van der Waals surface area (Å²) in [5, 5.41) is 2.54. The van der Waals surface area contributed by atoms with Gasteiger partial charge in [-0.3, -0.25) is 9.52 Å². The SMILES string of the molecule is CCN(CC)S(=O)(=O)c1cc(NS(=O)(=O)c2ccc(NC(C)=O)cc2)ccc1Cl. The third kappa shape index (κ3) is 5.47. The lowest BCUT2D eigenvalue weighted by atomic mass is 10.3. The molecule has 0 aliphatic heterocycles. The predicted molar refractivity (Wildman–Crippen MR) is 113 cm³/mol. The Morgan fingerprint density at radius 1 is 0.966 bits per heavy atom. The van der Waals surface area contributed by atoms with Crippen LogP contribution in [-0.4, -0.2) is 40.1 Å². The molecule has 0 fully saturated rings. The fourth-order valence-electron chi connectivity index (χ4n) is 2.60. The molecule has 8 nitrogen and oxygen atoms in total. The van der Waals surface area contributed by atoms with E-state index in [9.17, 15) is 21.6 Å². The molecule has 2 aromatic rings. The molecule has 0 atom stereocenters. The van der Waals surface area contributed by atoms with Crippen LogP contribution < -0.4 is 10.0 Å². The lowest BCUT2D eigenvalue weighted by Crippen LogP contribution is -2.30. The minimum atomic E-state index is -3.98. The van der Waals surface area contributed by atoms with Gasteiger partial charge < -0.3 is 5.32 Å². The lowest BCUT2D eigenvalue weighted by molar-refractivity contribution is -0.114. The quantitative estimate of drug-likeness (QED) is 0.629. The van der Waals surface area contributed by atoms with Crippen molar-refractivity contribution < 1.29 is 21.6 Å². The molecule has 2 aromatic carbocycles. The smallest absolute Gasteiger partial charge is 0.261 e. The third-order valence-electron chi connectivity index (χ3n) is 3.99. The second kappa shape index (κ2) is 9.12. The summed E-state index contributed by atoms with van der Waals surface area (Å²) in [4.78, 5) is 10.8. The Balaban J connectivity index is 2.35. The average Bonchev–Trinajstić information content (AvgIpc) is 2.63. The minimum absolute atomic E-state index is 0.000456. The fraction of sp³-hybridized carbons (Fsp3) is 0.278. The Hall–Kier alpha value is -2.14. The van der Waals surface area contributed by atoms with Crippen molar-refractivity contribution in [2.75, 3.05) is 23.1 Å². The molecule has 1 amide bonds. The van der Waals surface area contributed by atoms with Crippen molar-refractivity contribution in [3.8, 4) is 0 Å². The van der Waals surface area contributed by atoms with Gasteiger partial charge in [0, 0.05) is 25.7 Å². The van der Waals surface area contributed by atoms with E-state index in [0.717, 1.165) is 0 Å². The third-order valence-corrected chi connectivity index (χ3v) is 7.92. The van der Waals surface area contributed by atoms with Gasteiger partial charge >= 0.3 is 0 Å². The van der Waals surface area contributed by atoms with E-state index in [-0.39, 0.29) is 39.5 Å². The normalized spacial score (nSPS) is 12.0. The van der Waals surface area contributed by atoms with E-state index in [4.69, 9.17) is 11.6 Å². The molecular formula is C18H22ClN3O5S2. The van der Waals surface area contributed by atoms with E-state index in [1.54, 1.807) is 13.8 Å². The molecule has 0 radical (unpaired) electrons. The summed E-state index contributed by atoms with van der Waals surface area (Å²) in [5.74, 6) is -0.276. The number of rotatable bonds is 8. The van der Waals surface area contributed by atoms with Crippen LogP contribution in [0.4, 0.5) is 11.4 Å². The fourth-order valence-corrected chi connectivity index (χ4v) is 5.61. The van der Waals surface area contributed by atoms with Crippen LogP contribution >= 0.6 is 11.6 Å². The summed E-state index contributed by atoms with van der Waals surface area (Å²) in [6.45, 7) is 5.26. The Kier molecular flexibility index (Phi) is 7.28. The van der Waals surface area contributed by atoms with Gasteiger partial charge in [-0.05, 0) is 42.5 Å². The molecule has 0 unspecified atom stereocenters. The number of amides is 1. The largest absolute Gasteiger partial charge is 0.326 e. The molecule has 0 saturated heterocycles. The first-order valence-corrected chi connectivity index (χ1v) is 12.0. The van der Waals surface area contributed by atoms with Crippen LogP contribution in [0.2, 0.25) is 5.02 Å². The van der Waals surface area contributed by atoms with Gasteiger partial charge in [-0.2, -0.15) is 4.31 Å². The lowest BCUT2D eigenvalue weighted by Gasteiger charge is -2.20. The monoisotopic (exact) mass is 459 g/mol. The van der Waals surface area contributed by atoms with E-state index in [1.807, 2.05) is 0 Å². The predicted octanol–water partition coefficient (Wildman–Crippen LogP) is 3.13. The summed E-state index contributed by atoms with van der Waals surface area (Å²) in [7, 11) is -7.84. The number of anilines is 2. The summed E-state index contributed by atoms with van der Waals surface area (Å²) < 4.78 is 54.4. The zero-order valence-corrected chi connectivity index (χ0v) is 18.5. The number of nitrogens with zero attached hydrogens (tertiary/aromatic N) is 1. The first-order valence-electron chi connectivity index (χ1n) is 8.71. The molecule has 0 heterocycles. The summed E-state index contributed by atoms with van der Waals surface area (Å²) in [6.07, 6.45) is 0. The van der Waals surface area contributed by atoms with E-state index in [1.165, 1.54) is 53.7 Å². The van der Waals surface area contributed by atoms with E-state index >= 15 is 0 Å². The number of halogens is 1. The molecule has 0 aromatic heterocycles. The van der Waals surface area contributed by atoms with Crippen LogP contribution in [0.25, 0.3) is 0 Å². The highest BCUT2D eigenvalue weighted by Crippen LogP contribution is 2.29. The Morgan fingerprint density at radius 3 is 2.03 bits per heavy atom. The van der Waals surface area contributed by atoms with E-state index in [0.29, 0.717) is 5.69 Å². The molecule has 158 valence electrons. The second-order valence-corrected chi connectivity index (χ2v) is 10.0. The zero-order chi connectivity index (χ0) is 21.8. The highest BCUT2D eigenvalue weighted by atomic mass is 35.5. The maximum atomic E-state index is 12.8.